The van der Waals surface area contributed by atoms with Gasteiger partial charge in [-0.2, -0.15) is 0 Å². The minimum absolute atomic E-state index is 0.0241. The molecule has 1 atom stereocenters. The molecule has 4 nitrogen and oxygen atoms in total. The number of ether oxygens (including phenoxy) is 2. The van der Waals surface area contributed by atoms with E-state index in [9.17, 15) is 4.79 Å². The van der Waals surface area contributed by atoms with Crippen LogP contribution in [0.4, 0.5) is 5.69 Å². The largest absolute Gasteiger partial charge is 0.493 e. The number of anilines is 1. The van der Waals surface area contributed by atoms with E-state index in [2.05, 4.69) is 12.2 Å². The molecule has 25 heavy (non-hydrogen) atoms. The average Bonchev–Trinajstić information content (AvgIpc) is 2.63. The van der Waals surface area contributed by atoms with E-state index in [1.165, 1.54) is 11.8 Å². The first-order chi connectivity index (χ1) is 12.1. The number of carbonyl (C=O) groups is 1. The van der Waals surface area contributed by atoms with E-state index in [0.29, 0.717) is 11.5 Å². The fourth-order valence-corrected chi connectivity index (χ4v) is 3.89. The Balaban J connectivity index is 2.06. The summed E-state index contributed by atoms with van der Waals surface area (Å²) in [5, 5.41) is 2.79. The lowest BCUT2D eigenvalue weighted by atomic mass is 10.3. The summed E-state index contributed by atoms with van der Waals surface area (Å²) in [5.41, 5.74) is 0.860. The fraction of sp³-hybridized carbons (Fsp3) is 0.316. The van der Waals surface area contributed by atoms with Crippen molar-refractivity contribution in [1.29, 1.82) is 0 Å². The number of thioether (sulfide) groups is 2. The van der Waals surface area contributed by atoms with Gasteiger partial charge < -0.3 is 14.8 Å². The third-order valence-corrected chi connectivity index (χ3v) is 5.53. The molecule has 0 aliphatic heterocycles. The molecule has 0 saturated carbocycles. The van der Waals surface area contributed by atoms with Gasteiger partial charge in [0.25, 0.3) is 0 Å². The number of rotatable bonds is 8. The topological polar surface area (TPSA) is 47.6 Å². The van der Waals surface area contributed by atoms with Gasteiger partial charge >= 0.3 is 0 Å². The third kappa shape index (κ3) is 5.34. The minimum atomic E-state index is -0.238. The predicted octanol–water partition coefficient (Wildman–Crippen LogP) is 4.94. The third-order valence-electron chi connectivity index (χ3n) is 3.48. The SMILES string of the molecule is CCSc1ccccc1NC(=O)C(C)Sc1ccc(OC)c(OC)c1. The number of benzene rings is 2. The molecular formula is C19H23NO3S2. The molecule has 0 bridgehead atoms. The van der Waals surface area contributed by atoms with Crippen molar-refractivity contribution in [2.45, 2.75) is 28.9 Å². The highest BCUT2D eigenvalue weighted by molar-refractivity contribution is 8.00. The van der Waals surface area contributed by atoms with E-state index in [1.807, 2.05) is 49.4 Å². The molecule has 0 aliphatic carbocycles. The molecule has 0 radical (unpaired) electrons. The molecule has 0 heterocycles. The standard InChI is InChI=1S/C19H23NO3S2/c1-5-24-18-9-7-6-8-15(18)20-19(21)13(2)25-14-10-11-16(22-3)17(12-14)23-4/h6-13H,5H2,1-4H3,(H,20,21). The van der Waals surface area contributed by atoms with Crippen molar-refractivity contribution < 1.29 is 14.3 Å². The van der Waals surface area contributed by atoms with E-state index < -0.39 is 0 Å². The first-order valence-corrected chi connectivity index (χ1v) is 9.87. The van der Waals surface area contributed by atoms with E-state index in [4.69, 9.17) is 9.47 Å². The van der Waals surface area contributed by atoms with Gasteiger partial charge in [0.1, 0.15) is 0 Å². The second kappa shape index (κ2) is 9.63. The van der Waals surface area contributed by atoms with Gasteiger partial charge in [-0.05, 0) is 43.0 Å². The summed E-state index contributed by atoms with van der Waals surface area (Å²) in [5.74, 6) is 2.27. The number of hydrogen-bond donors (Lipinski definition) is 1. The van der Waals surface area contributed by atoms with Crippen LogP contribution in [-0.2, 0) is 4.79 Å². The summed E-state index contributed by atoms with van der Waals surface area (Å²) in [7, 11) is 3.21. The summed E-state index contributed by atoms with van der Waals surface area (Å²) < 4.78 is 10.6. The summed E-state index contributed by atoms with van der Waals surface area (Å²) in [4.78, 5) is 14.6. The number of para-hydroxylation sites is 1. The van der Waals surface area contributed by atoms with Crippen LogP contribution >= 0.6 is 23.5 Å². The van der Waals surface area contributed by atoms with Crippen molar-refractivity contribution in [1.82, 2.24) is 0 Å². The normalized spacial score (nSPS) is 11.7. The number of carbonyl (C=O) groups excluding carboxylic acids is 1. The quantitative estimate of drug-likeness (QED) is 0.661. The zero-order valence-corrected chi connectivity index (χ0v) is 16.5. The highest BCUT2D eigenvalue weighted by Gasteiger charge is 2.17. The summed E-state index contributed by atoms with van der Waals surface area (Å²) in [6.07, 6.45) is 0. The Bertz CT molecular complexity index is 722. The van der Waals surface area contributed by atoms with Crippen LogP contribution in [0.15, 0.2) is 52.3 Å². The van der Waals surface area contributed by atoms with Gasteiger partial charge in [0.05, 0.1) is 25.2 Å². The molecule has 6 heteroatoms. The average molecular weight is 378 g/mol. The van der Waals surface area contributed by atoms with Crippen molar-refractivity contribution in [3.8, 4) is 11.5 Å². The van der Waals surface area contributed by atoms with Crippen molar-refractivity contribution in [3.63, 3.8) is 0 Å². The Kier molecular flexibility index (Phi) is 7.52. The zero-order chi connectivity index (χ0) is 18.2. The first-order valence-electron chi connectivity index (χ1n) is 8.00. The lowest BCUT2D eigenvalue weighted by Gasteiger charge is -2.15. The van der Waals surface area contributed by atoms with Crippen LogP contribution in [0.2, 0.25) is 0 Å². The molecule has 0 spiro atoms. The maximum absolute atomic E-state index is 12.6. The van der Waals surface area contributed by atoms with Crippen molar-refractivity contribution in [2.75, 3.05) is 25.3 Å². The van der Waals surface area contributed by atoms with E-state index >= 15 is 0 Å². The summed E-state index contributed by atoms with van der Waals surface area (Å²) in [6, 6.07) is 13.5. The van der Waals surface area contributed by atoms with Crippen LogP contribution in [0, 0.1) is 0 Å². The zero-order valence-electron chi connectivity index (χ0n) is 14.9. The van der Waals surface area contributed by atoms with Gasteiger partial charge in [0.2, 0.25) is 5.91 Å². The Morgan fingerprint density at radius 3 is 2.52 bits per heavy atom. The maximum Gasteiger partial charge on any atom is 0.237 e. The number of amides is 1. The highest BCUT2D eigenvalue weighted by Crippen LogP contribution is 2.34. The van der Waals surface area contributed by atoms with Crippen LogP contribution < -0.4 is 14.8 Å². The Labute approximate surface area is 157 Å². The van der Waals surface area contributed by atoms with Crippen molar-refractivity contribution >= 4 is 35.1 Å². The van der Waals surface area contributed by atoms with E-state index in [-0.39, 0.29) is 11.2 Å². The number of methoxy groups -OCH3 is 2. The van der Waals surface area contributed by atoms with Gasteiger partial charge in [-0.3, -0.25) is 4.79 Å². The molecule has 0 fully saturated rings. The highest BCUT2D eigenvalue weighted by atomic mass is 32.2. The molecule has 2 aromatic rings. The number of hydrogen-bond acceptors (Lipinski definition) is 5. The Hall–Kier alpha value is -1.79. The molecule has 2 aromatic carbocycles. The summed E-state index contributed by atoms with van der Waals surface area (Å²) in [6.45, 7) is 3.99. The maximum atomic E-state index is 12.6. The van der Waals surface area contributed by atoms with Crippen molar-refractivity contribution in [3.05, 3.63) is 42.5 Å². The Morgan fingerprint density at radius 2 is 1.84 bits per heavy atom. The molecule has 1 amide bonds. The minimum Gasteiger partial charge on any atom is -0.493 e. The van der Waals surface area contributed by atoms with Gasteiger partial charge in [-0.25, -0.2) is 0 Å². The predicted molar refractivity (Wildman–Crippen MR) is 106 cm³/mol. The first kappa shape index (κ1) is 19.5. The lowest BCUT2D eigenvalue weighted by molar-refractivity contribution is -0.115. The monoisotopic (exact) mass is 377 g/mol. The van der Waals surface area contributed by atoms with Gasteiger partial charge in [-0.1, -0.05) is 19.1 Å². The molecule has 0 aromatic heterocycles. The van der Waals surface area contributed by atoms with E-state index in [1.54, 1.807) is 26.0 Å². The molecule has 1 unspecified atom stereocenters. The molecule has 1 N–H and O–H groups in total. The molecule has 134 valence electrons. The van der Waals surface area contributed by atoms with E-state index in [0.717, 1.165) is 21.2 Å². The second-order valence-corrected chi connectivity index (χ2v) is 7.92. The number of nitrogens with one attached hydrogen (secondary N) is 1. The molecule has 0 aliphatic rings. The lowest BCUT2D eigenvalue weighted by Crippen LogP contribution is -2.22. The molecule has 2 rings (SSSR count). The smallest absolute Gasteiger partial charge is 0.237 e. The van der Waals surface area contributed by atoms with Crippen molar-refractivity contribution in [2.24, 2.45) is 0 Å². The van der Waals surface area contributed by atoms with Gasteiger partial charge in [0, 0.05) is 9.79 Å². The van der Waals surface area contributed by atoms with Crippen LogP contribution in [0.5, 0.6) is 11.5 Å². The van der Waals surface area contributed by atoms with Crippen LogP contribution in [0.25, 0.3) is 0 Å². The molecular weight excluding hydrogens is 354 g/mol. The second-order valence-electron chi connectivity index (χ2n) is 5.20. The Morgan fingerprint density at radius 1 is 1.12 bits per heavy atom. The van der Waals surface area contributed by atoms with Crippen LogP contribution in [0.3, 0.4) is 0 Å². The summed E-state index contributed by atoms with van der Waals surface area (Å²) >= 11 is 3.20. The fourth-order valence-electron chi connectivity index (χ4n) is 2.23. The van der Waals surface area contributed by atoms with Crippen LogP contribution in [-0.4, -0.2) is 31.1 Å². The molecule has 0 saturated heterocycles. The van der Waals surface area contributed by atoms with Gasteiger partial charge in [0.15, 0.2) is 11.5 Å². The van der Waals surface area contributed by atoms with Gasteiger partial charge in [-0.15, -0.1) is 23.5 Å². The van der Waals surface area contributed by atoms with Crippen LogP contribution in [0.1, 0.15) is 13.8 Å².